The van der Waals surface area contributed by atoms with Gasteiger partial charge in [0.15, 0.2) is 0 Å². The summed E-state index contributed by atoms with van der Waals surface area (Å²) in [5, 5.41) is 3.50. The van der Waals surface area contributed by atoms with Crippen molar-refractivity contribution in [3.63, 3.8) is 0 Å². The molecule has 1 fully saturated rings. The third-order valence-corrected chi connectivity index (χ3v) is 3.13. The first kappa shape index (κ1) is 11.0. The SMILES string of the molecule is CN(C)CC(C)(C)C1CCCNC1. The van der Waals surface area contributed by atoms with Crippen molar-refractivity contribution in [1.29, 1.82) is 0 Å². The highest BCUT2D eigenvalue weighted by Gasteiger charge is 2.30. The van der Waals surface area contributed by atoms with Gasteiger partial charge in [-0.15, -0.1) is 0 Å². The summed E-state index contributed by atoms with van der Waals surface area (Å²) in [7, 11) is 4.33. The molecule has 1 N–H and O–H groups in total. The first-order valence-electron chi connectivity index (χ1n) is 5.38. The molecule has 0 aromatic rings. The van der Waals surface area contributed by atoms with Crippen LogP contribution >= 0.6 is 0 Å². The van der Waals surface area contributed by atoms with Crippen LogP contribution < -0.4 is 5.32 Å². The molecular weight excluding hydrogens is 160 g/mol. The normalized spacial score (nSPS) is 25.2. The van der Waals surface area contributed by atoms with Crippen LogP contribution in [0.15, 0.2) is 0 Å². The van der Waals surface area contributed by atoms with E-state index >= 15 is 0 Å². The third kappa shape index (κ3) is 3.28. The molecule has 1 unspecified atom stereocenters. The highest BCUT2D eigenvalue weighted by atomic mass is 15.1. The molecule has 0 bridgehead atoms. The minimum atomic E-state index is 0.455. The third-order valence-electron chi connectivity index (χ3n) is 3.13. The molecule has 1 aliphatic rings. The van der Waals surface area contributed by atoms with E-state index in [4.69, 9.17) is 0 Å². The van der Waals surface area contributed by atoms with Gasteiger partial charge in [-0.2, -0.15) is 0 Å². The van der Waals surface area contributed by atoms with Crippen molar-refractivity contribution in [2.75, 3.05) is 33.7 Å². The summed E-state index contributed by atoms with van der Waals surface area (Å²) in [6.07, 6.45) is 2.75. The molecule has 0 spiro atoms. The van der Waals surface area contributed by atoms with Gasteiger partial charge in [0.05, 0.1) is 0 Å². The second kappa shape index (κ2) is 4.43. The predicted octanol–water partition coefficient (Wildman–Crippen LogP) is 1.57. The van der Waals surface area contributed by atoms with Gasteiger partial charge >= 0.3 is 0 Å². The largest absolute Gasteiger partial charge is 0.316 e. The summed E-state index contributed by atoms with van der Waals surface area (Å²) >= 11 is 0. The van der Waals surface area contributed by atoms with Gasteiger partial charge in [-0.3, -0.25) is 0 Å². The van der Waals surface area contributed by atoms with Crippen LogP contribution in [0.4, 0.5) is 0 Å². The Hall–Kier alpha value is -0.0800. The van der Waals surface area contributed by atoms with E-state index in [9.17, 15) is 0 Å². The van der Waals surface area contributed by atoms with Crippen LogP contribution in [0.25, 0.3) is 0 Å². The summed E-state index contributed by atoms with van der Waals surface area (Å²) < 4.78 is 0. The van der Waals surface area contributed by atoms with Gasteiger partial charge in [0, 0.05) is 6.54 Å². The van der Waals surface area contributed by atoms with Crippen molar-refractivity contribution in [1.82, 2.24) is 10.2 Å². The van der Waals surface area contributed by atoms with Crippen LogP contribution in [-0.2, 0) is 0 Å². The van der Waals surface area contributed by atoms with E-state index in [2.05, 4.69) is 38.2 Å². The van der Waals surface area contributed by atoms with Gasteiger partial charge in [0.2, 0.25) is 0 Å². The van der Waals surface area contributed by atoms with E-state index in [1.54, 1.807) is 0 Å². The molecule has 78 valence electrons. The summed E-state index contributed by atoms with van der Waals surface area (Å²) in [4.78, 5) is 2.30. The van der Waals surface area contributed by atoms with E-state index < -0.39 is 0 Å². The van der Waals surface area contributed by atoms with Crippen molar-refractivity contribution >= 4 is 0 Å². The van der Waals surface area contributed by atoms with Crippen molar-refractivity contribution < 1.29 is 0 Å². The topological polar surface area (TPSA) is 15.3 Å². The summed E-state index contributed by atoms with van der Waals surface area (Å²) in [5.74, 6) is 0.851. The highest BCUT2D eigenvalue weighted by Crippen LogP contribution is 2.31. The molecule has 0 amide bonds. The number of rotatable bonds is 3. The summed E-state index contributed by atoms with van der Waals surface area (Å²) in [6, 6.07) is 0. The maximum absolute atomic E-state index is 3.50. The van der Waals surface area contributed by atoms with Crippen molar-refractivity contribution in [3.8, 4) is 0 Å². The minimum Gasteiger partial charge on any atom is -0.316 e. The fourth-order valence-corrected chi connectivity index (χ4v) is 2.46. The van der Waals surface area contributed by atoms with E-state index in [0.717, 1.165) is 5.92 Å². The molecule has 0 aromatic heterocycles. The Labute approximate surface area is 82.7 Å². The monoisotopic (exact) mass is 184 g/mol. The Kier molecular flexibility index (Phi) is 3.74. The Bertz CT molecular complexity index is 146. The van der Waals surface area contributed by atoms with Gasteiger partial charge in [-0.25, -0.2) is 0 Å². The van der Waals surface area contributed by atoms with Crippen molar-refractivity contribution in [2.45, 2.75) is 26.7 Å². The maximum Gasteiger partial charge on any atom is 0.00297 e. The fraction of sp³-hybridized carbons (Fsp3) is 1.00. The van der Waals surface area contributed by atoms with Crippen molar-refractivity contribution in [2.24, 2.45) is 11.3 Å². The number of nitrogens with zero attached hydrogens (tertiary/aromatic N) is 1. The first-order valence-corrected chi connectivity index (χ1v) is 5.38. The van der Waals surface area contributed by atoms with Crippen LogP contribution in [0.3, 0.4) is 0 Å². The number of nitrogens with one attached hydrogen (secondary N) is 1. The van der Waals surface area contributed by atoms with Gasteiger partial charge in [0.25, 0.3) is 0 Å². The average molecular weight is 184 g/mol. The van der Waals surface area contributed by atoms with Gasteiger partial charge in [0.1, 0.15) is 0 Å². The lowest BCUT2D eigenvalue weighted by atomic mass is 9.75. The van der Waals surface area contributed by atoms with Crippen LogP contribution in [-0.4, -0.2) is 38.6 Å². The minimum absolute atomic E-state index is 0.455. The lowest BCUT2D eigenvalue weighted by molar-refractivity contribution is 0.127. The second-order valence-electron chi connectivity index (χ2n) is 5.27. The molecule has 0 radical (unpaired) electrons. The quantitative estimate of drug-likeness (QED) is 0.716. The fourth-order valence-electron chi connectivity index (χ4n) is 2.46. The van der Waals surface area contributed by atoms with Crippen LogP contribution in [0.1, 0.15) is 26.7 Å². The molecule has 0 aliphatic carbocycles. The van der Waals surface area contributed by atoms with E-state index in [-0.39, 0.29) is 0 Å². The Morgan fingerprint density at radius 3 is 2.54 bits per heavy atom. The molecule has 1 rings (SSSR count). The van der Waals surface area contributed by atoms with Gasteiger partial charge in [-0.05, 0) is 51.4 Å². The van der Waals surface area contributed by atoms with Crippen LogP contribution in [0.5, 0.6) is 0 Å². The standard InChI is InChI=1S/C11H24N2/c1-11(2,9-13(3)4)10-6-5-7-12-8-10/h10,12H,5-9H2,1-4H3. The predicted molar refractivity (Wildman–Crippen MR) is 57.9 cm³/mol. The smallest absolute Gasteiger partial charge is 0.00297 e. The number of hydrogen-bond donors (Lipinski definition) is 1. The molecule has 2 nitrogen and oxygen atoms in total. The first-order chi connectivity index (χ1) is 6.02. The lowest BCUT2D eigenvalue weighted by Crippen LogP contribution is -2.43. The molecule has 0 aromatic carbocycles. The molecule has 2 heteroatoms. The van der Waals surface area contributed by atoms with E-state index in [0.29, 0.717) is 5.41 Å². The molecule has 1 aliphatic heterocycles. The summed E-state index contributed by atoms with van der Waals surface area (Å²) in [6.45, 7) is 8.41. The maximum atomic E-state index is 3.50. The molecule has 0 saturated carbocycles. The lowest BCUT2D eigenvalue weighted by Gasteiger charge is -2.39. The Morgan fingerprint density at radius 1 is 1.38 bits per heavy atom. The molecule has 13 heavy (non-hydrogen) atoms. The summed E-state index contributed by atoms with van der Waals surface area (Å²) in [5.41, 5.74) is 0.455. The van der Waals surface area contributed by atoms with Gasteiger partial charge in [-0.1, -0.05) is 13.8 Å². The molecule has 1 atom stereocenters. The average Bonchev–Trinajstić information content (AvgIpc) is 2.04. The zero-order valence-electron chi connectivity index (χ0n) is 9.56. The molecular formula is C11H24N2. The highest BCUT2D eigenvalue weighted by molar-refractivity contribution is 4.84. The van der Waals surface area contributed by atoms with E-state index in [1.165, 1.54) is 32.5 Å². The van der Waals surface area contributed by atoms with Crippen LogP contribution in [0.2, 0.25) is 0 Å². The Balaban J connectivity index is 2.45. The number of hydrogen-bond acceptors (Lipinski definition) is 2. The number of piperidine rings is 1. The zero-order chi connectivity index (χ0) is 9.90. The Morgan fingerprint density at radius 2 is 2.08 bits per heavy atom. The molecule has 1 heterocycles. The zero-order valence-corrected chi connectivity index (χ0v) is 9.56. The molecule has 1 saturated heterocycles. The second-order valence-corrected chi connectivity index (χ2v) is 5.27. The van der Waals surface area contributed by atoms with Crippen LogP contribution in [0, 0.1) is 11.3 Å². The van der Waals surface area contributed by atoms with E-state index in [1.807, 2.05) is 0 Å². The van der Waals surface area contributed by atoms with Gasteiger partial charge < -0.3 is 10.2 Å². The van der Waals surface area contributed by atoms with Crippen molar-refractivity contribution in [3.05, 3.63) is 0 Å².